The fraction of sp³-hybridized carbons (Fsp3) is 0.619. The van der Waals surface area contributed by atoms with Gasteiger partial charge in [-0.15, -0.1) is 0 Å². The normalized spacial score (nSPS) is 28.6. The van der Waals surface area contributed by atoms with Crippen molar-refractivity contribution in [3.63, 3.8) is 0 Å². The van der Waals surface area contributed by atoms with E-state index in [9.17, 15) is 8.78 Å². The molecule has 0 amide bonds. The summed E-state index contributed by atoms with van der Waals surface area (Å²) in [7, 11) is 0. The summed E-state index contributed by atoms with van der Waals surface area (Å²) in [5.74, 6) is 2.97. The Morgan fingerprint density at radius 3 is 2.63 bits per heavy atom. The molecule has 2 saturated heterocycles. The highest BCUT2D eigenvalue weighted by Gasteiger charge is 2.58. The number of imidazole rings is 1. The molecule has 9 heteroatoms. The maximum absolute atomic E-state index is 12.7. The van der Waals surface area contributed by atoms with Crippen molar-refractivity contribution in [3.8, 4) is 17.0 Å². The van der Waals surface area contributed by atoms with Gasteiger partial charge in [-0.05, 0) is 36.7 Å². The van der Waals surface area contributed by atoms with E-state index in [-0.39, 0.29) is 11.6 Å². The molecule has 4 fully saturated rings. The van der Waals surface area contributed by atoms with E-state index < -0.39 is 6.61 Å². The second kappa shape index (κ2) is 6.88. The summed E-state index contributed by atoms with van der Waals surface area (Å²) in [4.78, 5) is 11.5. The van der Waals surface area contributed by atoms with Gasteiger partial charge in [0.05, 0.1) is 24.9 Å². The van der Waals surface area contributed by atoms with Gasteiger partial charge in [0.15, 0.2) is 11.6 Å². The lowest BCUT2D eigenvalue weighted by atomic mass is 10.2. The minimum absolute atomic E-state index is 0.0477. The summed E-state index contributed by atoms with van der Waals surface area (Å²) in [6.45, 7) is 1.02. The molecule has 1 unspecified atom stereocenters. The van der Waals surface area contributed by atoms with E-state index in [0.717, 1.165) is 44.2 Å². The number of rotatable bonds is 7. The molecule has 2 saturated carbocycles. The molecule has 2 aromatic heterocycles. The molecular weight excluding hydrogens is 392 g/mol. The van der Waals surface area contributed by atoms with Gasteiger partial charge in [0.25, 0.3) is 0 Å². The molecule has 30 heavy (non-hydrogen) atoms. The lowest BCUT2D eigenvalue weighted by Crippen LogP contribution is -2.49. The molecule has 160 valence electrons. The summed E-state index contributed by atoms with van der Waals surface area (Å²) >= 11 is 0. The standard InChI is InChI=1S/C21H25F2N5O2/c22-21(23)30-17-4-12(5-25-20(17)24)16-8-28(18(26-16)3-11-1-2-11)19-14-6-27(7-15(14)19)13-9-29-10-13/h4-5,8,11,13-15,19,21H,1-3,6-7,9-10H2,(H2,24,25)/t14-,15+,19?. The number of pyridine rings is 1. The van der Waals surface area contributed by atoms with Crippen LogP contribution in [0.5, 0.6) is 5.75 Å². The van der Waals surface area contributed by atoms with Gasteiger partial charge in [0.2, 0.25) is 0 Å². The lowest BCUT2D eigenvalue weighted by molar-refractivity contribution is -0.0616. The fourth-order valence-corrected chi connectivity index (χ4v) is 5.02. The first-order chi connectivity index (χ1) is 14.6. The number of alkyl halides is 2. The van der Waals surface area contributed by atoms with Gasteiger partial charge in [0.1, 0.15) is 5.82 Å². The second-order valence-electron chi connectivity index (χ2n) is 9.05. The van der Waals surface area contributed by atoms with Crippen LogP contribution in [0.4, 0.5) is 14.6 Å². The summed E-state index contributed by atoms with van der Waals surface area (Å²) < 4.78 is 37.6. The number of hydrogen-bond acceptors (Lipinski definition) is 6. The summed E-state index contributed by atoms with van der Waals surface area (Å²) in [5.41, 5.74) is 7.08. The third-order valence-electron chi connectivity index (χ3n) is 7.01. The first-order valence-corrected chi connectivity index (χ1v) is 10.7. The van der Waals surface area contributed by atoms with Crippen LogP contribution in [0.3, 0.4) is 0 Å². The van der Waals surface area contributed by atoms with E-state index in [1.165, 1.54) is 18.9 Å². The molecule has 0 aromatic carbocycles. The number of anilines is 1. The first kappa shape index (κ1) is 18.5. The van der Waals surface area contributed by atoms with Crippen molar-refractivity contribution in [1.82, 2.24) is 19.4 Å². The van der Waals surface area contributed by atoms with Gasteiger partial charge in [0, 0.05) is 43.5 Å². The lowest BCUT2D eigenvalue weighted by Gasteiger charge is -2.36. The minimum atomic E-state index is -2.94. The Bertz CT molecular complexity index is 947. The Morgan fingerprint density at radius 1 is 1.23 bits per heavy atom. The third kappa shape index (κ3) is 3.24. The zero-order valence-corrected chi connectivity index (χ0v) is 16.6. The Morgan fingerprint density at radius 2 is 2.00 bits per heavy atom. The van der Waals surface area contributed by atoms with E-state index in [1.54, 1.807) is 6.20 Å². The quantitative estimate of drug-likeness (QED) is 0.746. The number of nitrogen functional groups attached to an aromatic ring is 1. The van der Waals surface area contributed by atoms with Crippen molar-refractivity contribution in [3.05, 3.63) is 24.3 Å². The smallest absolute Gasteiger partial charge is 0.387 e. The van der Waals surface area contributed by atoms with Gasteiger partial charge < -0.3 is 19.8 Å². The number of piperidine rings is 1. The van der Waals surface area contributed by atoms with Crippen LogP contribution in [0, 0.1) is 17.8 Å². The van der Waals surface area contributed by atoms with E-state index in [1.807, 2.05) is 0 Å². The molecule has 7 nitrogen and oxygen atoms in total. The molecule has 2 N–H and O–H groups in total. The summed E-state index contributed by atoms with van der Waals surface area (Å²) in [6.07, 6.45) is 7.12. The van der Waals surface area contributed by atoms with Crippen molar-refractivity contribution in [2.45, 2.75) is 38.0 Å². The number of fused-ring (bicyclic) bond motifs is 1. The van der Waals surface area contributed by atoms with Crippen LogP contribution in [0.15, 0.2) is 18.5 Å². The van der Waals surface area contributed by atoms with Crippen LogP contribution in [-0.4, -0.2) is 58.4 Å². The number of likely N-dealkylation sites (tertiary alicyclic amines) is 1. The molecule has 2 aliphatic heterocycles. The maximum atomic E-state index is 12.7. The van der Waals surface area contributed by atoms with Crippen molar-refractivity contribution in [2.75, 3.05) is 32.0 Å². The van der Waals surface area contributed by atoms with Crippen LogP contribution in [0.1, 0.15) is 24.7 Å². The number of halogens is 2. The van der Waals surface area contributed by atoms with Gasteiger partial charge in [-0.2, -0.15) is 8.78 Å². The topological polar surface area (TPSA) is 78.4 Å². The molecule has 0 bridgehead atoms. The summed E-state index contributed by atoms with van der Waals surface area (Å²) in [5, 5.41) is 0. The molecule has 0 spiro atoms. The Labute approximate surface area is 173 Å². The largest absolute Gasteiger partial charge is 0.431 e. The maximum Gasteiger partial charge on any atom is 0.387 e. The summed E-state index contributed by atoms with van der Waals surface area (Å²) in [6, 6.07) is 2.58. The third-order valence-corrected chi connectivity index (χ3v) is 7.01. The Kier molecular flexibility index (Phi) is 4.24. The molecule has 0 radical (unpaired) electrons. The predicted octanol–water partition coefficient (Wildman–Crippen LogP) is 2.58. The Hall–Kier alpha value is -2.26. The molecule has 2 aliphatic carbocycles. The highest BCUT2D eigenvalue weighted by molar-refractivity contribution is 5.63. The number of ether oxygens (including phenoxy) is 2. The van der Waals surface area contributed by atoms with Crippen molar-refractivity contribution in [1.29, 1.82) is 0 Å². The second-order valence-corrected chi connectivity index (χ2v) is 9.05. The molecule has 6 rings (SSSR count). The molecule has 4 heterocycles. The molecule has 2 aromatic rings. The van der Waals surface area contributed by atoms with Crippen molar-refractivity contribution in [2.24, 2.45) is 17.8 Å². The monoisotopic (exact) mass is 417 g/mol. The van der Waals surface area contributed by atoms with E-state index in [2.05, 4.69) is 25.4 Å². The van der Waals surface area contributed by atoms with Crippen LogP contribution in [-0.2, 0) is 11.2 Å². The Balaban J connectivity index is 1.26. The highest BCUT2D eigenvalue weighted by atomic mass is 19.3. The molecule has 4 aliphatic rings. The number of hydrogen-bond donors (Lipinski definition) is 1. The van der Waals surface area contributed by atoms with Crippen molar-refractivity contribution >= 4 is 5.82 Å². The van der Waals surface area contributed by atoms with Gasteiger partial charge >= 0.3 is 6.61 Å². The zero-order chi connectivity index (χ0) is 20.4. The minimum Gasteiger partial charge on any atom is -0.431 e. The highest BCUT2D eigenvalue weighted by Crippen LogP contribution is 2.56. The average molecular weight is 417 g/mol. The van der Waals surface area contributed by atoms with Crippen molar-refractivity contribution < 1.29 is 18.3 Å². The van der Waals surface area contributed by atoms with E-state index >= 15 is 0 Å². The number of aromatic nitrogens is 3. The van der Waals surface area contributed by atoms with E-state index in [4.69, 9.17) is 15.5 Å². The van der Waals surface area contributed by atoms with Crippen LogP contribution in [0.2, 0.25) is 0 Å². The molecule has 3 atom stereocenters. The SMILES string of the molecule is Nc1ncc(-c2cn(C3[C@H]4CN(C5COC5)C[C@@H]34)c(CC3CC3)n2)cc1OC(F)F. The number of nitrogens with zero attached hydrogens (tertiary/aromatic N) is 4. The van der Waals surface area contributed by atoms with Gasteiger partial charge in [-0.1, -0.05) is 0 Å². The average Bonchev–Trinajstić information content (AvgIpc) is 3.50. The van der Waals surface area contributed by atoms with Crippen LogP contribution < -0.4 is 10.5 Å². The fourth-order valence-electron chi connectivity index (χ4n) is 5.02. The zero-order valence-electron chi connectivity index (χ0n) is 16.6. The van der Waals surface area contributed by atoms with Crippen LogP contribution >= 0.6 is 0 Å². The van der Waals surface area contributed by atoms with Gasteiger partial charge in [-0.25, -0.2) is 9.97 Å². The first-order valence-electron chi connectivity index (χ1n) is 10.7. The van der Waals surface area contributed by atoms with Gasteiger partial charge in [-0.3, -0.25) is 4.90 Å². The predicted molar refractivity (Wildman–Crippen MR) is 105 cm³/mol. The number of nitrogens with two attached hydrogens (primary N) is 1. The van der Waals surface area contributed by atoms with E-state index in [0.29, 0.717) is 35.4 Å². The molecular formula is C21H25F2N5O2. The van der Waals surface area contributed by atoms with Crippen LogP contribution in [0.25, 0.3) is 11.3 Å².